The average molecular weight is 359 g/mol. The zero-order valence-electron chi connectivity index (χ0n) is 14.4. The van der Waals surface area contributed by atoms with Crippen LogP contribution in [0.15, 0.2) is 30.3 Å². The monoisotopic (exact) mass is 359 g/mol. The van der Waals surface area contributed by atoms with Crippen LogP contribution >= 0.6 is 11.8 Å². The zero-order valence-corrected chi connectivity index (χ0v) is 15.2. The van der Waals surface area contributed by atoms with E-state index >= 15 is 0 Å². The summed E-state index contributed by atoms with van der Waals surface area (Å²) in [5.74, 6) is 0.950. The molecule has 1 aromatic heterocycles. The number of para-hydroxylation sites is 1. The molecule has 1 fully saturated rings. The van der Waals surface area contributed by atoms with Crippen molar-refractivity contribution in [2.24, 2.45) is 0 Å². The van der Waals surface area contributed by atoms with Crippen LogP contribution in [0.1, 0.15) is 29.5 Å². The van der Waals surface area contributed by atoms with E-state index in [9.17, 15) is 9.59 Å². The molecule has 2 amide bonds. The molecule has 0 bridgehead atoms. The highest BCUT2D eigenvalue weighted by atomic mass is 32.2. The van der Waals surface area contributed by atoms with E-state index in [0.717, 1.165) is 17.9 Å². The molecular weight excluding hydrogens is 338 g/mol. The van der Waals surface area contributed by atoms with Crippen molar-refractivity contribution in [2.45, 2.75) is 20.3 Å². The fraction of sp³-hybridized carbons (Fsp3) is 0.412. The van der Waals surface area contributed by atoms with Crippen LogP contribution in [0.25, 0.3) is 5.69 Å². The Morgan fingerprint density at radius 1 is 1.12 bits per heavy atom. The van der Waals surface area contributed by atoms with E-state index in [1.54, 1.807) is 23.7 Å². The van der Waals surface area contributed by atoms with Crippen LogP contribution in [0.5, 0.6) is 0 Å². The van der Waals surface area contributed by atoms with E-state index in [2.05, 4.69) is 10.2 Å². The Balaban J connectivity index is 1.81. The van der Waals surface area contributed by atoms with Crippen molar-refractivity contribution in [3.63, 3.8) is 0 Å². The van der Waals surface area contributed by atoms with Crippen molar-refractivity contribution in [1.29, 1.82) is 0 Å². The van der Waals surface area contributed by atoms with Gasteiger partial charge in [-0.05, 0) is 31.2 Å². The predicted molar refractivity (Wildman–Crippen MR) is 96.5 cm³/mol. The lowest BCUT2D eigenvalue weighted by atomic mass is 10.3. The first-order valence-corrected chi connectivity index (χ1v) is 9.46. The Labute approximate surface area is 150 Å². The van der Waals surface area contributed by atoms with Crippen molar-refractivity contribution in [3.8, 4) is 5.69 Å². The van der Waals surface area contributed by atoms with Gasteiger partial charge in [0.1, 0.15) is 0 Å². The van der Waals surface area contributed by atoms with Gasteiger partial charge >= 0.3 is 0 Å². The molecule has 0 aliphatic carbocycles. The van der Waals surface area contributed by atoms with Gasteiger partial charge in [0.25, 0.3) is 11.8 Å². The highest BCUT2D eigenvalue weighted by molar-refractivity contribution is 7.99. The summed E-state index contributed by atoms with van der Waals surface area (Å²) in [6.45, 7) is 4.87. The molecule has 1 aliphatic heterocycles. The molecule has 2 heterocycles. The fourth-order valence-electron chi connectivity index (χ4n) is 2.72. The number of carbonyl (C=O) groups is 2. The highest BCUT2D eigenvalue weighted by Crippen LogP contribution is 2.18. The molecule has 0 spiro atoms. The normalized spacial score (nSPS) is 14.2. The molecule has 1 saturated heterocycles. The summed E-state index contributed by atoms with van der Waals surface area (Å²) in [7, 11) is 0. The Hall–Kier alpha value is -2.35. The predicted octanol–water partition coefficient (Wildman–Crippen LogP) is 1.92. The Kier molecular flexibility index (Phi) is 5.37. The quantitative estimate of drug-likeness (QED) is 0.816. The van der Waals surface area contributed by atoms with Crippen LogP contribution in [0, 0.1) is 6.92 Å². The van der Waals surface area contributed by atoms with Crippen LogP contribution in [0.2, 0.25) is 0 Å². The Morgan fingerprint density at radius 2 is 1.84 bits per heavy atom. The van der Waals surface area contributed by atoms with Gasteiger partial charge in [0.2, 0.25) is 0 Å². The molecule has 8 heteroatoms. The molecule has 1 aliphatic rings. The lowest BCUT2D eigenvalue weighted by Crippen LogP contribution is -2.46. The molecule has 0 N–H and O–H groups in total. The molecule has 132 valence electrons. The van der Waals surface area contributed by atoms with Gasteiger partial charge in [-0.2, -0.15) is 21.7 Å². The smallest absolute Gasteiger partial charge is 0.272 e. The lowest BCUT2D eigenvalue weighted by molar-refractivity contribution is -0.137. The first-order valence-electron chi connectivity index (χ1n) is 8.31. The van der Waals surface area contributed by atoms with Crippen molar-refractivity contribution in [3.05, 3.63) is 41.7 Å². The molecule has 0 saturated carbocycles. The maximum Gasteiger partial charge on any atom is 0.294 e. The number of rotatable bonds is 5. The SMILES string of the molecule is CCSCC(=O)N1CCCN1C(=O)c1nn(-c2ccccc2)nc1C. The van der Waals surface area contributed by atoms with Gasteiger partial charge in [-0.15, -0.1) is 5.10 Å². The third-order valence-corrected chi connectivity index (χ3v) is 4.81. The first-order chi connectivity index (χ1) is 12.1. The minimum absolute atomic E-state index is 0.0363. The topological polar surface area (TPSA) is 71.3 Å². The number of hydrazine groups is 1. The Morgan fingerprint density at radius 3 is 2.56 bits per heavy atom. The molecule has 0 atom stereocenters. The largest absolute Gasteiger partial charge is 0.294 e. The molecule has 0 unspecified atom stereocenters. The van der Waals surface area contributed by atoms with Crippen LogP contribution in [0.3, 0.4) is 0 Å². The molecule has 25 heavy (non-hydrogen) atoms. The molecule has 2 aromatic rings. The molecular formula is C17H21N5O2S. The van der Waals surface area contributed by atoms with E-state index in [1.165, 1.54) is 9.81 Å². The van der Waals surface area contributed by atoms with Gasteiger partial charge in [-0.3, -0.25) is 14.6 Å². The zero-order chi connectivity index (χ0) is 17.8. The molecule has 7 nitrogen and oxygen atoms in total. The standard InChI is InChI=1S/C17H21N5O2S/c1-3-25-12-15(23)20-10-7-11-21(20)17(24)16-13(2)18-22(19-16)14-8-5-4-6-9-14/h4-6,8-9H,3,7,10-12H2,1-2H3. The summed E-state index contributed by atoms with van der Waals surface area (Å²) in [6, 6.07) is 9.44. The molecule has 0 radical (unpaired) electrons. The number of hydrogen-bond donors (Lipinski definition) is 0. The summed E-state index contributed by atoms with van der Waals surface area (Å²) in [6.07, 6.45) is 0.778. The summed E-state index contributed by atoms with van der Waals surface area (Å²) in [5.41, 5.74) is 1.63. The second kappa shape index (κ2) is 7.69. The molecule has 1 aromatic carbocycles. The van der Waals surface area contributed by atoms with Crippen molar-refractivity contribution in [1.82, 2.24) is 25.0 Å². The summed E-state index contributed by atoms with van der Waals surface area (Å²) in [4.78, 5) is 26.7. The maximum absolute atomic E-state index is 12.9. The van der Waals surface area contributed by atoms with Gasteiger partial charge in [0.05, 0.1) is 17.1 Å². The van der Waals surface area contributed by atoms with E-state index < -0.39 is 0 Å². The van der Waals surface area contributed by atoms with Gasteiger partial charge in [0, 0.05) is 13.1 Å². The van der Waals surface area contributed by atoms with E-state index in [1.807, 2.05) is 37.3 Å². The number of thioether (sulfide) groups is 1. The second-order valence-electron chi connectivity index (χ2n) is 5.69. The van der Waals surface area contributed by atoms with Crippen LogP contribution in [0.4, 0.5) is 0 Å². The van der Waals surface area contributed by atoms with Gasteiger partial charge in [0.15, 0.2) is 5.69 Å². The number of amides is 2. The number of nitrogens with zero attached hydrogens (tertiary/aromatic N) is 5. The minimum Gasteiger partial charge on any atom is -0.272 e. The van der Waals surface area contributed by atoms with Gasteiger partial charge in [-0.1, -0.05) is 25.1 Å². The van der Waals surface area contributed by atoms with Crippen LogP contribution in [-0.4, -0.2) is 61.4 Å². The van der Waals surface area contributed by atoms with Crippen molar-refractivity contribution in [2.75, 3.05) is 24.6 Å². The number of hydrogen-bond acceptors (Lipinski definition) is 5. The maximum atomic E-state index is 12.9. The summed E-state index contributed by atoms with van der Waals surface area (Å²) >= 11 is 1.56. The lowest BCUT2D eigenvalue weighted by Gasteiger charge is -2.27. The second-order valence-corrected chi connectivity index (χ2v) is 6.97. The van der Waals surface area contributed by atoms with Gasteiger partial charge in [-0.25, -0.2) is 5.01 Å². The molecule has 3 rings (SSSR count). The number of aromatic nitrogens is 3. The highest BCUT2D eigenvalue weighted by Gasteiger charge is 2.33. The Bertz CT molecular complexity index is 762. The van der Waals surface area contributed by atoms with Crippen molar-refractivity contribution >= 4 is 23.6 Å². The van der Waals surface area contributed by atoms with Crippen LogP contribution < -0.4 is 0 Å². The van der Waals surface area contributed by atoms with E-state index in [4.69, 9.17) is 0 Å². The third kappa shape index (κ3) is 3.68. The van der Waals surface area contributed by atoms with E-state index in [0.29, 0.717) is 24.5 Å². The number of aryl methyl sites for hydroxylation is 1. The number of benzene rings is 1. The number of carbonyl (C=O) groups excluding carboxylic acids is 2. The van der Waals surface area contributed by atoms with Crippen LogP contribution in [-0.2, 0) is 4.79 Å². The first kappa shape index (κ1) is 17.5. The third-order valence-electron chi connectivity index (χ3n) is 3.96. The summed E-state index contributed by atoms with van der Waals surface area (Å²) < 4.78 is 0. The summed E-state index contributed by atoms with van der Waals surface area (Å²) in [5, 5.41) is 11.7. The van der Waals surface area contributed by atoms with Gasteiger partial charge < -0.3 is 0 Å². The minimum atomic E-state index is -0.271. The fourth-order valence-corrected chi connectivity index (χ4v) is 3.25. The van der Waals surface area contributed by atoms with Crippen molar-refractivity contribution < 1.29 is 9.59 Å². The van der Waals surface area contributed by atoms with E-state index in [-0.39, 0.29) is 17.5 Å². The average Bonchev–Trinajstić information content (AvgIpc) is 3.27.